The van der Waals surface area contributed by atoms with Crippen molar-refractivity contribution in [1.29, 1.82) is 0 Å². The van der Waals surface area contributed by atoms with E-state index in [9.17, 15) is 0 Å². The van der Waals surface area contributed by atoms with Gasteiger partial charge in [0.05, 0.1) is 7.11 Å². The number of alkyl halides is 1. The van der Waals surface area contributed by atoms with Crippen molar-refractivity contribution in [3.63, 3.8) is 0 Å². The minimum Gasteiger partial charge on any atom is -0.497 e. The Bertz CT molecular complexity index is 421. The Morgan fingerprint density at radius 1 is 1.31 bits per heavy atom. The van der Waals surface area contributed by atoms with E-state index in [2.05, 4.69) is 47.7 Å². The number of aryl methyl sites for hydroxylation is 1. The van der Waals surface area contributed by atoms with Crippen LogP contribution in [0, 0.1) is 0 Å². The summed E-state index contributed by atoms with van der Waals surface area (Å²) in [6, 6.07) is 6.48. The molecule has 0 fully saturated rings. The molecule has 0 amide bonds. The number of ether oxygens (including phenoxy) is 1. The average molecular weight is 328 g/mol. The van der Waals surface area contributed by atoms with Gasteiger partial charge in [0.1, 0.15) is 5.75 Å². The van der Waals surface area contributed by atoms with Gasteiger partial charge in [-0.05, 0) is 55.0 Å². The molecule has 0 aromatic heterocycles. The maximum atomic E-state index is 5.28. The highest BCUT2D eigenvalue weighted by atomic mass is 127. The second-order valence-electron chi connectivity index (χ2n) is 4.22. The van der Waals surface area contributed by atoms with Gasteiger partial charge in [-0.2, -0.15) is 0 Å². The molecule has 1 aromatic rings. The first-order valence-electron chi connectivity index (χ1n) is 5.68. The molecule has 1 nitrogen and oxygen atoms in total. The number of allylic oxidation sites excluding steroid dienone is 2. The van der Waals surface area contributed by atoms with Gasteiger partial charge in [0.15, 0.2) is 0 Å². The SMILES string of the molecule is COc1ccc2c(c1)CCC(C)=C2CCI. The van der Waals surface area contributed by atoms with Gasteiger partial charge in [0.2, 0.25) is 0 Å². The van der Waals surface area contributed by atoms with E-state index in [-0.39, 0.29) is 0 Å². The van der Waals surface area contributed by atoms with Crippen LogP contribution in [0.3, 0.4) is 0 Å². The largest absolute Gasteiger partial charge is 0.497 e. The van der Waals surface area contributed by atoms with Gasteiger partial charge in [-0.25, -0.2) is 0 Å². The smallest absolute Gasteiger partial charge is 0.119 e. The topological polar surface area (TPSA) is 9.23 Å². The standard InChI is InChI=1S/C14H17IO/c1-10-3-4-11-9-12(16-2)5-6-14(11)13(10)7-8-15/h5-6,9H,3-4,7-8H2,1-2H3. The Balaban J connectivity index is 2.43. The Kier molecular flexibility index (Phi) is 3.90. The van der Waals surface area contributed by atoms with E-state index in [0.717, 1.165) is 12.2 Å². The highest BCUT2D eigenvalue weighted by molar-refractivity contribution is 14.1. The molecule has 0 unspecified atom stereocenters. The van der Waals surface area contributed by atoms with Crippen molar-refractivity contribution in [1.82, 2.24) is 0 Å². The van der Waals surface area contributed by atoms with E-state index in [1.54, 1.807) is 18.3 Å². The zero-order valence-electron chi connectivity index (χ0n) is 9.85. The average Bonchev–Trinajstić information content (AvgIpc) is 2.32. The fraction of sp³-hybridized carbons (Fsp3) is 0.429. The summed E-state index contributed by atoms with van der Waals surface area (Å²) in [5, 5.41) is 0. The third kappa shape index (κ3) is 2.26. The summed E-state index contributed by atoms with van der Waals surface area (Å²) in [7, 11) is 1.73. The number of hydrogen-bond acceptors (Lipinski definition) is 1. The number of rotatable bonds is 3. The van der Waals surface area contributed by atoms with E-state index in [1.165, 1.54) is 28.4 Å². The van der Waals surface area contributed by atoms with E-state index < -0.39 is 0 Å². The molecular formula is C14H17IO. The van der Waals surface area contributed by atoms with Crippen molar-refractivity contribution in [2.24, 2.45) is 0 Å². The van der Waals surface area contributed by atoms with Crippen molar-refractivity contribution in [2.75, 3.05) is 11.5 Å². The monoisotopic (exact) mass is 328 g/mol. The van der Waals surface area contributed by atoms with Crippen molar-refractivity contribution in [3.8, 4) is 5.75 Å². The number of methoxy groups -OCH3 is 1. The number of hydrogen-bond donors (Lipinski definition) is 0. The third-order valence-corrected chi connectivity index (χ3v) is 3.81. The summed E-state index contributed by atoms with van der Waals surface area (Å²) >= 11 is 2.45. The molecule has 0 N–H and O–H groups in total. The van der Waals surface area contributed by atoms with Gasteiger partial charge in [-0.1, -0.05) is 34.2 Å². The molecule has 1 aromatic carbocycles. The molecule has 0 heterocycles. The summed E-state index contributed by atoms with van der Waals surface area (Å²) in [5.41, 5.74) is 6.01. The second kappa shape index (κ2) is 5.21. The predicted octanol–water partition coefficient (Wildman–Crippen LogP) is 4.24. The summed E-state index contributed by atoms with van der Waals surface area (Å²) in [5.74, 6) is 0.979. The van der Waals surface area contributed by atoms with Crippen LogP contribution in [-0.4, -0.2) is 11.5 Å². The molecule has 16 heavy (non-hydrogen) atoms. The minimum atomic E-state index is 0.979. The molecule has 0 aliphatic heterocycles. The minimum absolute atomic E-state index is 0.979. The van der Waals surface area contributed by atoms with E-state index in [4.69, 9.17) is 4.74 Å². The quantitative estimate of drug-likeness (QED) is 0.596. The van der Waals surface area contributed by atoms with Crippen LogP contribution < -0.4 is 4.74 Å². The Morgan fingerprint density at radius 3 is 2.81 bits per heavy atom. The Hall–Kier alpha value is -0.510. The van der Waals surface area contributed by atoms with Gasteiger partial charge < -0.3 is 4.74 Å². The van der Waals surface area contributed by atoms with E-state index in [1.807, 2.05) is 0 Å². The first-order chi connectivity index (χ1) is 7.76. The van der Waals surface area contributed by atoms with Crippen molar-refractivity contribution in [2.45, 2.75) is 26.2 Å². The van der Waals surface area contributed by atoms with Gasteiger partial charge in [0.25, 0.3) is 0 Å². The predicted molar refractivity (Wildman–Crippen MR) is 77.4 cm³/mol. The maximum absolute atomic E-state index is 5.28. The highest BCUT2D eigenvalue weighted by Crippen LogP contribution is 2.35. The molecule has 0 atom stereocenters. The first kappa shape index (κ1) is 12.0. The van der Waals surface area contributed by atoms with Gasteiger partial charge >= 0.3 is 0 Å². The van der Waals surface area contributed by atoms with E-state index in [0.29, 0.717) is 0 Å². The molecule has 2 heteroatoms. The van der Waals surface area contributed by atoms with E-state index >= 15 is 0 Å². The molecule has 0 spiro atoms. The van der Waals surface area contributed by atoms with Crippen molar-refractivity contribution >= 4 is 28.2 Å². The number of benzene rings is 1. The second-order valence-corrected chi connectivity index (χ2v) is 5.30. The van der Waals surface area contributed by atoms with Crippen LogP contribution in [-0.2, 0) is 6.42 Å². The van der Waals surface area contributed by atoms with Crippen LogP contribution in [0.2, 0.25) is 0 Å². The van der Waals surface area contributed by atoms with Crippen LogP contribution in [0.5, 0.6) is 5.75 Å². The Morgan fingerprint density at radius 2 is 2.12 bits per heavy atom. The zero-order chi connectivity index (χ0) is 11.5. The van der Waals surface area contributed by atoms with Gasteiger partial charge in [-0.15, -0.1) is 0 Å². The molecule has 86 valence electrons. The molecule has 0 bridgehead atoms. The lowest BCUT2D eigenvalue weighted by atomic mass is 9.85. The first-order valence-corrected chi connectivity index (χ1v) is 7.20. The zero-order valence-corrected chi connectivity index (χ0v) is 12.0. The van der Waals surface area contributed by atoms with Crippen LogP contribution in [0.4, 0.5) is 0 Å². The summed E-state index contributed by atoms with van der Waals surface area (Å²) in [4.78, 5) is 0. The van der Waals surface area contributed by atoms with Crippen LogP contribution >= 0.6 is 22.6 Å². The molecule has 1 aliphatic rings. The molecule has 0 radical (unpaired) electrons. The lowest BCUT2D eigenvalue weighted by molar-refractivity contribution is 0.414. The van der Waals surface area contributed by atoms with Gasteiger partial charge in [-0.3, -0.25) is 0 Å². The maximum Gasteiger partial charge on any atom is 0.119 e. The van der Waals surface area contributed by atoms with Crippen molar-refractivity contribution < 1.29 is 4.74 Å². The van der Waals surface area contributed by atoms with Crippen LogP contribution in [0.1, 0.15) is 30.9 Å². The fourth-order valence-corrected chi connectivity index (χ4v) is 2.88. The highest BCUT2D eigenvalue weighted by Gasteiger charge is 2.16. The third-order valence-electron chi connectivity index (χ3n) is 3.27. The lowest BCUT2D eigenvalue weighted by Gasteiger charge is -2.22. The number of halogens is 1. The van der Waals surface area contributed by atoms with Crippen LogP contribution in [0.25, 0.3) is 5.57 Å². The molecular weight excluding hydrogens is 311 g/mol. The molecule has 1 aliphatic carbocycles. The summed E-state index contributed by atoms with van der Waals surface area (Å²) < 4.78 is 6.48. The fourth-order valence-electron chi connectivity index (χ4n) is 2.34. The molecule has 2 rings (SSSR count). The summed E-state index contributed by atoms with van der Waals surface area (Å²) in [6.45, 7) is 2.27. The lowest BCUT2D eigenvalue weighted by Crippen LogP contribution is -2.04. The van der Waals surface area contributed by atoms with Gasteiger partial charge in [0, 0.05) is 4.43 Å². The van der Waals surface area contributed by atoms with Crippen LogP contribution in [0.15, 0.2) is 23.8 Å². The molecule has 0 saturated carbocycles. The Labute approximate surface area is 111 Å². The summed E-state index contributed by atoms with van der Waals surface area (Å²) in [6.07, 6.45) is 3.54. The normalized spacial score (nSPS) is 14.9. The number of fused-ring (bicyclic) bond motifs is 1. The van der Waals surface area contributed by atoms with Crippen molar-refractivity contribution in [3.05, 3.63) is 34.9 Å². The molecule has 0 saturated heterocycles.